The molecule has 1 aliphatic rings. The Balaban J connectivity index is 2.05. The van der Waals surface area contributed by atoms with Gasteiger partial charge >= 0.3 is 0 Å². The van der Waals surface area contributed by atoms with Crippen LogP contribution in [0.1, 0.15) is 48.8 Å². The molecular weight excluding hydrogens is 204 g/mol. The lowest BCUT2D eigenvalue weighted by atomic mass is 10.2. The van der Waals surface area contributed by atoms with Crippen molar-refractivity contribution in [3.63, 3.8) is 0 Å². The van der Waals surface area contributed by atoms with Gasteiger partial charge in [0.1, 0.15) is 0 Å². The van der Waals surface area contributed by atoms with Gasteiger partial charge in [0.05, 0.1) is 11.4 Å². The molecule has 1 aromatic rings. The van der Waals surface area contributed by atoms with E-state index >= 15 is 0 Å². The molecule has 1 saturated carbocycles. The Bertz CT molecular complexity index is 393. The van der Waals surface area contributed by atoms with Crippen molar-refractivity contribution in [2.75, 3.05) is 12.3 Å². The number of nitrogens with two attached hydrogens (primary N) is 1. The van der Waals surface area contributed by atoms with E-state index in [4.69, 9.17) is 5.73 Å². The Morgan fingerprint density at radius 1 is 1.62 bits per heavy atom. The van der Waals surface area contributed by atoms with E-state index in [1.54, 1.807) is 0 Å². The van der Waals surface area contributed by atoms with Crippen LogP contribution in [0.15, 0.2) is 0 Å². The van der Waals surface area contributed by atoms with Gasteiger partial charge in [0.25, 0.3) is 5.91 Å². The number of carbonyl (C=O) groups is 1. The molecule has 0 spiro atoms. The molecule has 0 atom stereocenters. The number of nitrogens with one attached hydrogen (secondary N) is 2. The summed E-state index contributed by atoms with van der Waals surface area (Å²) in [5, 5.41) is 9.67. The van der Waals surface area contributed by atoms with E-state index in [2.05, 4.69) is 15.5 Å². The highest BCUT2D eigenvalue weighted by molar-refractivity contribution is 5.97. The molecule has 0 radical (unpaired) electrons. The van der Waals surface area contributed by atoms with E-state index in [0.717, 1.165) is 18.5 Å². The quantitative estimate of drug-likeness (QED) is 0.717. The number of aromatic amines is 1. The number of aromatic nitrogens is 2. The van der Waals surface area contributed by atoms with E-state index in [1.165, 1.54) is 0 Å². The van der Waals surface area contributed by atoms with Gasteiger partial charge in [-0.1, -0.05) is 13.8 Å². The molecule has 2 rings (SSSR count). The molecule has 0 unspecified atom stereocenters. The number of amides is 1. The van der Waals surface area contributed by atoms with Crippen LogP contribution in [0, 0.1) is 5.92 Å². The van der Waals surface area contributed by atoms with E-state index < -0.39 is 0 Å². The smallest absolute Gasteiger partial charge is 0.273 e. The fraction of sp³-hybridized carbons (Fsp3) is 0.636. The molecule has 0 bridgehead atoms. The largest absolute Gasteiger partial charge is 0.395 e. The van der Waals surface area contributed by atoms with Gasteiger partial charge in [-0.15, -0.1) is 0 Å². The number of H-pyrrole nitrogens is 1. The summed E-state index contributed by atoms with van der Waals surface area (Å²) in [7, 11) is 0. The van der Waals surface area contributed by atoms with Crippen LogP contribution in [0.5, 0.6) is 0 Å². The van der Waals surface area contributed by atoms with Gasteiger partial charge in [0.15, 0.2) is 5.69 Å². The zero-order valence-corrected chi connectivity index (χ0v) is 9.71. The third-order valence-corrected chi connectivity index (χ3v) is 2.70. The lowest BCUT2D eigenvalue weighted by molar-refractivity contribution is 0.0945. The van der Waals surface area contributed by atoms with E-state index in [0.29, 0.717) is 29.8 Å². The monoisotopic (exact) mass is 222 g/mol. The first-order valence-electron chi connectivity index (χ1n) is 5.71. The molecule has 16 heavy (non-hydrogen) atoms. The van der Waals surface area contributed by atoms with Crippen LogP contribution in [0.2, 0.25) is 0 Å². The molecule has 5 nitrogen and oxygen atoms in total. The lowest BCUT2D eigenvalue weighted by Gasteiger charge is -2.06. The molecule has 0 aromatic carbocycles. The predicted octanol–water partition coefficient (Wildman–Crippen LogP) is 1.26. The summed E-state index contributed by atoms with van der Waals surface area (Å²) in [5.41, 5.74) is 7.68. The van der Waals surface area contributed by atoms with E-state index in [-0.39, 0.29) is 5.91 Å². The summed E-state index contributed by atoms with van der Waals surface area (Å²) in [6.07, 6.45) is 2.28. The number of hydrogen-bond acceptors (Lipinski definition) is 3. The Kier molecular flexibility index (Phi) is 2.85. The Morgan fingerprint density at radius 2 is 2.31 bits per heavy atom. The second kappa shape index (κ2) is 4.15. The van der Waals surface area contributed by atoms with Crippen LogP contribution in [0.3, 0.4) is 0 Å². The molecule has 1 fully saturated rings. The molecule has 1 aliphatic carbocycles. The van der Waals surface area contributed by atoms with Gasteiger partial charge in [-0.2, -0.15) is 5.10 Å². The Labute approximate surface area is 94.8 Å². The number of nitrogen functional groups attached to an aromatic ring is 1. The number of carbonyl (C=O) groups excluding carboxylic acids is 1. The zero-order valence-electron chi connectivity index (χ0n) is 9.71. The molecule has 88 valence electrons. The third kappa shape index (κ3) is 2.18. The number of anilines is 1. The molecule has 1 aromatic heterocycles. The van der Waals surface area contributed by atoms with Crippen LogP contribution >= 0.6 is 0 Å². The Hall–Kier alpha value is -1.52. The molecule has 0 aliphatic heterocycles. The summed E-state index contributed by atoms with van der Waals surface area (Å²) < 4.78 is 0. The van der Waals surface area contributed by atoms with Crippen molar-refractivity contribution in [1.82, 2.24) is 15.5 Å². The minimum Gasteiger partial charge on any atom is -0.395 e. The van der Waals surface area contributed by atoms with Crippen molar-refractivity contribution in [2.45, 2.75) is 32.6 Å². The second-order valence-electron chi connectivity index (χ2n) is 4.78. The average Bonchev–Trinajstić information content (AvgIpc) is 2.99. The van der Waals surface area contributed by atoms with Gasteiger partial charge in [0.2, 0.25) is 0 Å². The SMILES string of the molecule is CC(C)CNC(=O)c1n[nH]c(C2CC2)c1N. The van der Waals surface area contributed by atoms with Crippen molar-refractivity contribution in [2.24, 2.45) is 5.92 Å². The summed E-state index contributed by atoms with van der Waals surface area (Å²) >= 11 is 0. The highest BCUT2D eigenvalue weighted by Crippen LogP contribution is 2.42. The first kappa shape index (κ1) is 11.0. The van der Waals surface area contributed by atoms with Gasteiger partial charge in [0, 0.05) is 12.5 Å². The number of rotatable bonds is 4. The first-order valence-corrected chi connectivity index (χ1v) is 5.71. The zero-order chi connectivity index (χ0) is 11.7. The highest BCUT2D eigenvalue weighted by atomic mass is 16.1. The molecule has 0 saturated heterocycles. The topological polar surface area (TPSA) is 83.8 Å². The van der Waals surface area contributed by atoms with Crippen LogP contribution in [-0.4, -0.2) is 22.6 Å². The predicted molar refractivity (Wildman–Crippen MR) is 62.1 cm³/mol. The first-order chi connectivity index (χ1) is 7.59. The highest BCUT2D eigenvalue weighted by Gasteiger charge is 2.30. The molecule has 1 amide bonds. The third-order valence-electron chi connectivity index (χ3n) is 2.70. The van der Waals surface area contributed by atoms with Crippen molar-refractivity contribution >= 4 is 11.6 Å². The summed E-state index contributed by atoms with van der Waals surface area (Å²) in [5.74, 6) is 0.723. The lowest BCUT2D eigenvalue weighted by Crippen LogP contribution is -2.28. The average molecular weight is 222 g/mol. The minimum atomic E-state index is -0.186. The van der Waals surface area contributed by atoms with Gasteiger partial charge in [-0.25, -0.2) is 0 Å². The maximum Gasteiger partial charge on any atom is 0.273 e. The van der Waals surface area contributed by atoms with Crippen LogP contribution in [0.4, 0.5) is 5.69 Å². The maximum absolute atomic E-state index is 11.8. The summed E-state index contributed by atoms with van der Waals surface area (Å²) in [4.78, 5) is 11.8. The fourth-order valence-electron chi connectivity index (χ4n) is 1.60. The number of hydrogen-bond donors (Lipinski definition) is 3. The Morgan fingerprint density at radius 3 is 2.88 bits per heavy atom. The molecule has 1 heterocycles. The number of nitrogens with zero attached hydrogens (tertiary/aromatic N) is 1. The van der Waals surface area contributed by atoms with Crippen molar-refractivity contribution in [1.29, 1.82) is 0 Å². The van der Waals surface area contributed by atoms with E-state index in [9.17, 15) is 4.79 Å². The van der Waals surface area contributed by atoms with E-state index in [1.807, 2.05) is 13.8 Å². The van der Waals surface area contributed by atoms with Crippen molar-refractivity contribution in [3.8, 4) is 0 Å². The van der Waals surface area contributed by atoms with Crippen molar-refractivity contribution in [3.05, 3.63) is 11.4 Å². The van der Waals surface area contributed by atoms with Crippen LogP contribution < -0.4 is 11.1 Å². The molecule has 4 N–H and O–H groups in total. The van der Waals surface area contributed by atoms with Crippen LogP contribution in [0.25, 0.3) is 0 Å². The summed E-state index contributed by atoms with van der Waals surface area (Å²) in [6.45, 7) is 4.73. The van der Waals surface area contributed by atoms with Gasteiger partial charge < -0.3 is 11.1 Å². The van der Waals surface area contributed by atoms with Gasteiger partial charge in [-0.05, 0) is 18.8 Å². The van der Waals surface area contributed by atoms with Crippen molar-refractivity contribution < 1.29 is 4.79 Å². The van der Waals surface area contributed by atoms with Crippen LogP contribution in [-0.2, 0) is 0 Å². The molecule has 5 heteroatoms. The fourth-order valence-corrected chi connectivity index (χ4v) is 1.60. The maximum atomic E-state index is 11.8. The summed E-state index contributed by atoms with van der Waals surface area (Å²) in [6, 6.07) is 0. The standard InChI is InChI=1S/C11H18N4O/c1-6(2)5-13-11(16)10-8(12)9(14-15-10)7-3-4-7/h6-7H,3-5,12H2,1-2H3,(H,13,16)(H,14,15). The minimum absolute atomic E-state index is 0.186. The van der Waals surface area contributed by atoms with Gasteiger partial charge in [-0.3, -0.25) is 9.89 Å². The normalized spacial score (nSPS) is 15.4. The second-order valence-corrected chi connectivity index (χ2v) is 4.78. The molecular formula is C11H18N4O.